The lowest BCUT2D eigenvalue weighted by atomic mass is 9.86. The van der Waals surface area contributed by atoms with Gasteiger partial charge in [-0.05, 0) is 60.2 Å². The van der Waals surface area contributed by atoms with Gasteiger partial charge in [0.05, 0.1) is 5.56 Å². The number of benzene rings is 2. The summed E-state index contributed by atoms with van der Waals surface area (Å²) >= 11 is 0. The smallest absolute Gasteiger partial charge is 0.419 e. The van der Waals surface area contributed by atoms with Gasteiger partial charge < -0.3 is 20.1 Å². The molecule has 1 fully saturated rings. The van der Waals surface area contributed by atoms with Gasteiger partial charge in [-0.1, -0.05) is 18.2 Å². The molecule has 0 aliphatic carbocycles. The number of carbonyl (C=O) groups excluding carboxylic acids is 3. The maximum atomic E-state index is 13.2. The van der Waals surface area contributed by atoms with Crippen LogP contribution in [0.1, 0.15) is 40.2 Å². The Morgan fingerprint density at radius 2 is 1.47 bits per heavy atom. The largest absolute Gasteiger partial charge is 0.491 e. The van der Waals surface area contributed by atoms with E-state index in [9.17, 15) is 40.7 Å². The highest BCUT2D eigenvalue weighted by molar-refractivity contribution is 6.00. The zero-order valence-corrected chi connectivity index (χ0v) is 22.0. The van der Waals surface area contributed by atoms with E-state index in [2.05, 4.69) is 14.5 Å². The second kappa shape index (κ2) is 12.1. The lowest BCUT2D eigenvalue weighted by molar-refractivity contribution is -0.190. The van der Waals surface area contributed by atoms with E-state index >= 15 is 0 Å². The Bertz CT molecular complexity index is 1530. The van der Waals surface area contributed by atoms with E-state index in [1.165, 1.54) is 4.90 Å². The number of hydrogen-bond donors (Lipinski definition) is 2. The standard InChI is InChI=1S/C28H22F6N4O5/c29-27(30,31)25(40)42-20-8-7-19(23(35)36)22(43-26(41)28(32,33)34)21(20)16-9-12-38(13-10-16)24(39)17-5-3-15(4-6-17)18-2-1-11-37-14-18/h1-8,11,14,16H,9-10,12-13H2,(H3,35,36). The van der Waals surface area contributed by atoms with Gasteiger partial charge in [-0.15, -0.1) is 0 Å². The second-order valence-electron chi connectivity index (χ2n) is 9.43. The topological polar surface area (TPSA) is 136 Å². The zero-order valence-electron chi connectivity index (χ0n) is 22.0. The number of carbonyl (C=O) groups is 3. The van der Waals surface area contributed by atoms with E-state index in [1.807, 2.05) is 6.07 Å². The number of amides is 1. The molecule has 1 aliphatic rings. The fourth-order valence-electron chi connectivity index (χ4n) is 4.58. The number of alkyl halides is 6. The van der Waals surface area contributed by atoms with Crippen molar-refractivity contribution in [3.63, 3.8) is 0 Å². The number of nitrogens with zero attached hydrogens (tertiary/aromatic N) is 2. The maximum absolute atomic E-state index is 13.2. The van der Waals surface area contributed by atoms with Crippen LogP contribution in [0.2, 0.25) is 0 Å². The van der Waals surface area contributed by atoms with Gasteiger partial charge in [-0.2, -0.15) is 26.3 Å². The molecule has 2 aromatic carbocycles. The Labute approximate surface area is 239 Å². The number of likely N-dealkylation sites (tertiary alicyclic amines) is 1. The molecule has 0 unspecified atom stereocenters. The molecule has 9 nitrogen and oxygen atoms in total. The van der Waals surface area contributed by atoms with Crippen molar-refractivity contribution in [3.05, 3.63) is 77.6 Å². The maximum Gasteiger partial charge on any atom is 0.491 e. The normalized spacial score (nSPS) is 14.2. The fourth-order valence-corrected chi connectivity index (χ4v) is 4.58. The van der Waals surface area contributed by atoms with E-state index in [-0.39, 0.29) is 31.8 Å². The summed E-state index contributed by atoms with van der Waals surface area (Å²) in [6.45, 7) is -0.00502. The summed E-state index contributed by atoms with van der Waals surface area (Å²) in [4.78, 5) is 42.0. The number of amidine groups is 1. The average molecular weight is 608 g/mol. The number of piperidine rings is 1. The van der Waals surface area contributed by atoms with Crippen molar-refractivity contribution in [3.8, 4) is 22.6 Å². The monoisotopic (exact) mass is 608 g/mol. The molecule has 3 aromatic rings. The van der Waals surface area contributed by atoms with E-state index in [1.54, 1.807) is 42.7 Å². The molecule has 2 heterocycles. The summed E-state index contributed by atoms with van der Waals surface area (Å²) in [5, 5.41) is 7.71. The number of nitrogens with two attached hydrogens (primary N) is 1. The molecule has 3 N–H and O–H groups in total. The molecule has 0 radical (unpaired) electrons. The molecule has 4 rings (SSSR count). The van der Waals surface area contributed by atoms with Gasteiger partial charge in [-0.25, -0.2) is 9.59 Å². The lowest BCUT2D eigenvalue weighted by Gasteiger charge is -2.34. The molecule has 15 heteroatoms. The van der Waals surface area contributed by atoms with Gasteiger partial charge in [0, 0.05) is 36.6 Å². The number of rotatable bonds is 6. The van der Waals surface area contributed by atoms with Crippen LogP contribution in [-0.4, -0.2) is 59.0 Å². The average Bonchev–Trinajstić information content (AvgIpc) is 2.96. The highest BCUT2D eigenvalue weighted by Gasteiger charge is 2.45. The summed E-state index contributed by atoms with van der Waals surface area (Å²) in [7, 11) is 0. The highest BCUT2D eigenvalue weighted by Crippen LogP contribution is 2.44. The molecule has 0 spiro atoms. The molecule has 1 amide bonds. The van der Waals surface area contributed by atoms with Crippen LogP contribution >= 0.6 is 0 Å². The Morgan fingerprint density at radius 1 is 0.860 bits per heavy atom. The molecule has 226 valence electrons. The minimum atomic E-state index is -5.51. The Morgan fingerprint density at radius 3 is 2.00 bits per heavy atom. The first-order valence-corrected chi connectivity index (χ1v) is 12.6. The van der Waals surface area contributed by atoms with Crippen molar-refractivity contribution in [2.45, 2.75) is 31.1 Å². The molecule has 1 aromatic heterocycles. The lowest BCUT2D eigenvalue weighted by Crippen LogP contribution is -2.38. The van der Waals surface area contributed by atoms with E-state index in [0.29, 0.717) is 5.56 Å². The van der Waals surface area contributed by atoms with Gasteiger partial charge in [-0.3, -0.25) is 15.2 Å². The Balaban J connectivity index is 1.62. The van der Waals surface area contributed by atoms with Crippen LogP contribution in [0.25, 0.3) is 11.1 Å². The van der Waals surface area contributed by atoms with Crippen LogP contribution in [0.5, 0.6) is 11.5 Å². The van der Waals surface area contributed by atoms with Gasteiger partial charge in [0.25, 0.3) is 5.91 Å². The zero-order chi connectivity index (χ0) is 31.5. The first-order chi connectivity index (χ1) is 20.2. The van der Waals surface area contributed by atoms with Crippen molar-refractivity contribution in [2.75, 3.05) is 13.1 Å². The fraction of sp³-hybridized carbons (Fsp3) is 0.250. The predicted molar refractivity (Wildman–Crippen MR) is 138 cm³/mol. The molecule has 0 bridgehead atoms. The molecule has 0 atom stereocenters. The van der Waals surface area contributed by atoms with Crippen LogP contribution in [-0.2, 0) is 9.59 Å². The number of halogens is 6. The summed E-state index contributed by atoms with van der Waals surface area (Å²) in [5.74, 6) is -9.37. The molecular weight excluding hydrogens is 586 g/mol. The molecule has 1 saturated heterocycles. The van der Waals surface area contributed by atoms with E-state index in [4.69, 9.17) is 11.1 Å². The van der Waals surface area contributed by atoms with Crippen LogP contribution in [0.3, 0.4) is 0 Å². The SMILES string of the molecule is N=C(N)c1ccc(OC(=O)C(F)(F)F)c(C2CCN(C(=O)c3ccc(-c4cccnc4)cc3)CC2)c1OC(=O)C(F)(F)F. The van der Waals surface area contributed by atoms with Crippen molar-refractivity contribution < 1.29 is 50.2 Å². The number of ether oxygens (including phenoxy) is 2. The van der Waals surface area contributed by atoms with Gasteiger partial charge >= 0.3 is 24.3 Å². The number of pyridine rings is 1. The van der Waals surface area contributed by atoms with Crippen molar-refractivity contribution in [1.29, 1.82) is 5.41 Å². The summed E-state index contributed by atoms with van der Waals surface area (Å²) in [5.41, 5.74) is 6.42. The van der Waals surface area contributed by atoms with Crippen molar-refractivity contribution in [2.24, 2.45) is 5.73 Å². The minimum absolute atomic E-state index is 0.00251. The van der Waals surface area contributed by atoms with Crippen LogP contribution in [0.15, 0.2) is 60.9 Å². The van der Waals surface area contributed by atoms with Crippen molar-refractivity contribution in [1.82, 2.24) is 9.88 Å². The highest BCUT2D eigenvalue weighted by atomic mass is 19.4. The molecule has 0 saturated carbocycles. The number of aromatic nitrogens is 1. The summed E-state index contributed by atoms with van der Waals surface area (Å²) in [6.07, 6.45) is -7.76. The third-order valence-electron chi connectivity index (χ3n) is 6.62. The van der Waals surface area contributed by atoms with Gasteiger partial charge in [0.1, 0.15) is 17.3 Å². The van der Waals surface area contributed by atoms with Crippen LogP contribution in [0.4, 0.5) is 26.3 Å². The molecule has 43 heavy (non-hydrogen) atoms. The van der Waals surface area contributed by atoms with Crippen molar-refractivity contribution >= 4 is 23.7 Å². The van der Waals surface area contributed by atoms with Gasteiger partial charge in [0.2, 0.25) is 0 Å². The van der Waals surface area contributed by atoms with Crippen LogP contribution in [0, 0.1) is 5.41 Å². The Hall–Kier alpha value is -4.95. The first kappa shape index (κ1) is 31.0. The number of nitrogens with one attached hydrogen (secondary N) is 1. The van der Waals surface area contributed by atoms with Gasteiger partial charge in [0.15, 0.2) is 0 Å². The predicted octanol–water partition coefficient (Wildman–Crippen LogP) is 4.99. The number of esters is 2. The summed E-state index contributed by atoms with van der Waals surface area (Å²) < 4.78 is 87.2. The number of hydrogen-bond acceptors (Lipinski definition) is 7. The van der Waals surface area contributed by atoms with Crippen LogP contribution < -0.4 is 15.2 Å². The van der Waals surface area contributed by atoms with E-state index in [0.717, 1.165) is 23.3 Å². The first-order valence-electron chi connectivity index (χ1n) is 12.6. The third kappa shape index (κ3) is 7.10. The summed E-state index contributed by atoms with van der Waals surface area (Å²) in [6, 6.07) is 11.9. The Kier molecular flexibility index (Phi) is 8.73. The number of nitrogen functional groups attached to an aromatic ring is 1. The molecular formula is C28H22F6N4O5. The quantitative estimate of drug-likeness (QED) is 0.132. The van der Waals surface area contributed by atoms with E-state index < -0.39 is 58.7 Å². The third-order valence-corrected chi connectivity index (χ3v) is 6.62. The molecule has 1 aliphatic heterocycles. The minimum Gasteiger partial charge on any atom is -0.419 e. The second-order valence-corrected chi connectivity index (χ2v) is 9.43.